The Labute approximate surface area is 406 Å². The van der Waals surface area contributed by atoms with E-state index in [4.69, 9.17) is 18.9 Å². The third kappa shape index (κ3) is 12.8. The van der Waals surface area contributed by atoms with Crippen molar-refractivity contribution < 1.29 is 51.9 Å². The second kappa shape index (κ2) is 23.1. The van der Waals surface area contributed by atoms with Crippen LogP contribution >= 0.6 is 11.8 Å². The van der Waals surface area contributed by atoms with E-state index < -0.39 is 45.8 Å². The standard InChI is InChI=1S/C27H25NO6S.C27H25NO5S/c1-19-9-8-14-22-24(19)25(30)27(18-35(22)32,16-33-23(29)15-20-10-4-2-5-11-20)17-34-26(31)28-21-12-6-3-7-13-21;1-19-9-8-14-22-24(19)25(30)27(18-34-22,16-32-23(29)15-20-10-4-2-5-11-20)17-33-26(31)28-21-12-6-3-7-13-21/h2-14H,15-18H2,1H3,(H,28,31);2-14H,15-18H2,1H3,(H,28,31). The number of Topliss-reactive ketones (excluding diaryl/α,β-unsaturated/α-hetero) is 2. The van der Waals surface area contributed by atoms with Crippen molar-refractivity contribution in [2.45, 2.75) is 36.5 Å². The number of hydrogen-bond acceptors (Lipinski definition) is 12. The molecule has 0 aromatic heterocycles. The summed E-state index contributed by atoms with van der Waals surface area (Å²) >= 11 is 1.50. The highest BCUT2D eigenvalue weighted by Gasteiger charge is 2.49. The van der Waals surface area contributed by atoms with Crippen molar-refractivity contribution in [2.24, 2.45) is 10.8 Å². The smallest absolute Gasteiger partial charge is 0.411 e. The Morgan fingerprint density at radius 1 is 0.522 bits per heavy atom. The first kappa shape index (κ1) is 49.5. The molecule has 0 bridgehead atoms. The zero-order valence-corrected chi connectivity index (χ0v) is 39.6. The molecular weight excluding hydrogens is 917 g/mol. The van der Waals surface area contributed by atoms with Crippen LogP contribution in [0.2, 0.25) is 0 Å². The molecule has 6 aromatic rings. The molecule has 0 radical (unpaired) electrons. The second-order valence-electron chi connectivity index (χ2n) is 16.7. The number of aryl methyl sites for hydroxylation is 2. The number of ketones is 2. The minimum Gasteiger partial charge on any atom is -0.464 e. The number of ether oxygens (including phenoxy) is 4. The van der Waals surface area contributed by atoms with E-state index in [9.17, 15) is 33.0 Å². The molecule has 2 aliphatic rings. The van der Waals surface area contributed by atoms with Crippen molar-refractivity contribution in [1.29, 1.82) is 0 Å². The number of carbonyl (C=O) groups is 6. The fourth-order valence-electron chi connectivity index (χ4n) is 7.71. The molecule has 69 heavy (non-hydrogen) atoms. The Kier molecular flexibility index (Phi) is 16.6. The highest BCUT2D eigenvalue weighted by Crippen LogP contribution is 2.42. The van der Waals surface area contributed by atoms with Crippen LogP contribution in [-0.4, -0.2) is 77.8 Å². The summed E-state index contributed by atoms with van der Waals surface area (Å²) in [4.78, 5) is 78.7. The molecule has 13 nitrogen and oxygen atoms in total. The summed E-state index contributed by atoms with van der Waals surface area (Å²) < 4.78 is 35.1. The second-order valence-corrected chi connectivity index (χ2v) is 19.1. The summed E-state index contributed by atoms with van der Waals surface area (Å²) in [5, 5.41) is 5.25. The quantitative estimate of drug-likeness (QED) is 0.0781. The Hall–Kier alpha value is -7.36. The molecule has 0 saturated heterocycles. The van der Waals surface area contributed by atoms with E-state index in [0.29, 0.717) is 38.7 Å². The maximum atomic E-state index is 13.7. The first-order valence-corrected chi connectivity index (χ1v) is 24.3. The van der Waals surface area contributed by atoms with Crippen molar-refractivity contribution in [3.8, 4) is 0 Å². The molecule has 2 heterocycles. The molecule has 354 valence electrons. The molecule has 3 atom stereocenters. The number of anilines is 2. The lowest BCUT2D eigenvalue weighted by atomic mass is 9.81. The fraction of sp³-hybridized carbons (Fsp3) is 0.222. The van der Waals surface area contributed by atoms with Gasteiger partial charge in [0.25, 0.3) is 0 Å². The SMILES string of the molecule is Cc1cccc2c1C(=O)C(COC(=O)Cc1ccccc1)(COC(=O)Nc1ccccc1)CS2.Cc1cccc2c1C(=O)C(COC(=O)Cc1ccccc1)(COC(=O)Nc1ccccc1)CS2=O. The zero-order valence-electron chi connectivity index (χ0n) is 38.0. The van der Waals surface area contributed by atoms with Gasteiger partial charge < -0.3 is 18.9 Å². The van der Waals surface area contributed by atoms with Gasteiger partial charge in [-0.1, -0.05) is 121 Å². The lowest BCUT2D eigenvalue weighted by Gasteiger charge is -2.35. The molecule has 0 aliphatic carbocycles. The number of hydrogen-bond donors (Lipinski definition) is 2. The number of amides is 2. The molecular formula is C54H50N2O11S2. The first-order chi connectivity index (χ1) is 33.3. The average Bonchev–Trinajstić information content (AvgIpc) is 3.35. The van der Waals surface area contributed by atoms with Gasteiger partial charge >= 0.3 is 24.1 Å². The molecule has 3 unspecified atom stereocenters. The normalized spacial score (nSPS) is 17.9. The van der Waals surface area contributed by atoms with Gasteiger partial charge in [0.1, 0.15) is 37.3 Å². The monoisotopic (exact) mass is 966 g/mol. The average molecular weight is 967 g/mol. The van der Waals surface area contributed by atoms with E-state index in [1.54, 1.807) is 85.8 Å². The van der Waals surface area contributed by atoms with Crippen LogP contribution in [0.25, 0.3) is 0 Å². The maximum Gasteiger partial charge on any atom is 0.411 e. The van der Waals surface area contributed by atoms with Crippen LogP contribution in [0.5, 0.6) is 0 Å². The molecule has 2 aliphatic heterocycles. The van der Waals surface area contributed by atoms with E-state index in [1.165, 1.54) is 11.8 Å². The van der Waals surface area contributed by atoms with Crippen LogP contribution in [0.4, 0.5) is 21.0 Å². The minimum atomic E-state index is -1.54. The molecule has 2 N–H and O–H groups in total. The summed E-state index contributed by atoms with van der Waals surface area (Å²) in [5.74, 6) is -1.30. The van der Waals surface area contributed by atoms with E-state index >= 15 is 0 Å². The summed E-state index contributed by atoms with van der Waals surface area (Å²) in [6, 6.07) is 46.8. The molecule has 6 aromatic carbocycles. The van der Waals surface area contributed by atoms with Crippen molar-refractivity contribution in [1.82, 2.24) is 0 Å². The first-order valence-electron chi connectivity index (χ1n) is 22.0. The van der Waals surface area contributed by atoms with Crippen LogP contribution in [0.15, 0.2) is 168 Å². The summed E-state index contributed by atoms with van der Waals surface area (Å²) in [6.07, 6.45) is -1.31. The number of nitrogens with one attached hydrogen (secondary N) is 2. The fourth-order valence-corrected chi connectivity index (χ4v) is 10.7. The van der Waals surface area contributed by atoms with Gasteiger partial charge in [0.15, 0.2) is 11.6 Å². The van der Waals surface area contributed by atoms with Crippen LogP contribution in [0.3, 0.4) is 0 Å². The van der Waals surface area contributed by atoms with Gasteiger partial charge in [-0.15, -0.1) is 11.8 Å². The molecule has 15 heteroatoms. The summed E-state index contributed by atoms with van der Waals surface area (Å²) in [7, 11) is -1.54. The van der Waals surface area contributed by atoms with Crippen molar-refractivity contribution in [3.63, 3.8) is 0 Å². The van der Waals surface area contributed by atoms with Crippen LogP contribution in [0.1, 0.15) is 43.0 Å². The van der Waals surface area contributed by atoms with E-state index in [0.717, 1.165) is 21.6 Å². The van der Waals surface area contributed by atoms with E-state index in [-0.39, 0.29) is 56.6 Å². The predicted octanol–water partition coefficient (Wildman–Crippen LogP) is 9.62. The van der Waals surface area contributed by atoms with Gasteiger partial charge in [-0.3, -0.25) is 34.0 Å². The molecule has 0 fully saturated rings. The Bertz CT molecular complexity index is 2710. The predicted molar refractivity (Wildman–Crippen MR) is 263 cm³/mol. The largest absolute Gasteiger partial charge is 0.464 e. The van der Waals surface area contributed by atoms with Crippen LogP contribution < -0.4 is 10.6 Å². The lowest BCUT2D eigenvalue weighted by molar-refractivity contribution is -0.146. The van der Waals surface area contributed by atoms with Crippen molar-refractivity contribution in [2.75, 3.05) is 48.6 Å². The molecule has 8 rings (SSSR count). The Morgan fingerprint density at radius 2 is 0.942 bits per heavy atom. The Balaban J connectivity index is 0.000000204. The van der Waals surface area contributed by atoms with Crippen LogP contribution in [-0.2, 0) is 52.2 Å². The van der Waals surface area contributed by atoms with Gasteiger partial charge in [0.05, 0.1) is 23.6 Å². The van der Waals surface area contributed by atoms with Crippen LogP contribution in [0, 0.1) is 24.7 Å². The lowest BCUT2D eigenvalue weighted by Crippen LogP contribution is -2.49. The van der Waals surface area contributed by atoms with Gasteiger partial charge in [-0.25, -0.2) is 9.59 Å². The number of esters is 2. The number of benzene rings is 6. The number of carbonyl (C=O) groups excluding carboxylic acids is 6. The van der Waals surface area contributed by atoms with Gasteiger partial charge in [-0.2, -0.15) is 0 Å². The highest BCUT2D eigenvalue weighted by molar-refractivity contribution is 7.99. The molecule has 0 spiro atoms. The highest BCUT2D eigenvalue weighted by atomic mass is 32.2. The van der Waals surface area contributed by atoms with E-state index in [2.05, 4.69) is 10.6 Å². The van der Waals surface area contributed by atoms with E-state index in [1.807, 2.05) is 85.8 Å². The number of fused-ring (bicyclic) bond motifs is 2. The number of thioether (sulfide) groups is 1. The van der Waals surface area contributed by atoms with Gasteiger partial charge in [0.2, 0.25) is 0 Å². The van der Waals surface area contributed by atoms with Gasteiger partial charge in [0, 0.05) is 43.8 Å². The van der Waals surface area contributed by atoms with Gasteiger partial charge in [-0.05, 0) is 72.5 Å². The summed E-state index contributed by atoms with van der Waals surface area (Å²) in [6.45, 7) is 2.52. The minimum absolute atomic E-state index is 0.0269. The third-order valence-electron chi connectivity index (χ3n) is 11.4. The number of rotatable bonds is 14. The topological polar surface area (TPSA) is 180 Å². The zero-order chi connectivity index (χ0) is 48.8. The Morgan fingerprint density at radius 3 is 1.46 bits per heavy atom. The van der Waals surface area contributed by atoms with Crippen molar-refractivity contribution >= 4 is 69.6 Å². The van der Waals surface area contributed by atoms with Crippen molar-refractivity contribution in [3.05, 3.63) is 191 Å². The molecule has 0 saturated carbocycles. The maximum absolute atomic E-state index is 13.7. The molecule has 2 amide bonds. The number of para-hydroxylation sites is 2. The third-order valence-corrected chi connectivity index (χ3v) is 14.4. The summed E-state index contributed by atoms with van der Waals surface area (Å²) in [5.41, 5.74) is 2.47.